The summed E-state index contributed by atoms with van der Waals surface area (Å²) in [4.78, 5) is 42.3. The van der Waals surface area contributed by atoms with Gasteiger partial charge in [-0.1, -0.05) is 40.5 Å². The Morgan fingerprint density at radius 3 is 1.00 bits per heavy atom. The molecule has 0 aromatic heterocycles. The Balaban J connectivity index is -0.000000333. The molecule has 0 spiro atoms. The maximum atomic E-state index is 10.8. The van der Waals surface area contributed by atoms with E-state index in [1.165, 1.54) is 13.8 Å². The molecule has 23 heavy (non-hydrogen) atoms. The van der Waals surface area contributed by atoms with Crippen LogP contribution in [0.25, 0.3) is 0 Å². The fraction of sp³-hybridized carbons (Fsp3) is 0.750. The SMILES string of the molecule is CCC(C)C(C(C)=O)C(=O)[O-].CCC(C)C(C(C)=O)C(=O)[O-].[Fe+2]. The van der Waals surface area contributed by atoms with Crippen LogP contribution in [0.2, 0.25) is 0 Å². The Bertz CT molecular complexity index is 341. The van der Waals surface area contributed by atoms with Gasteiger partial charge in [-0.25, -0.2) is 0 Å². The Morgan fingerprint density at radius 2 is 0.957 bits per heavy atom. The largest absolute Gasteiger partial charge is 2.00 e. The zero-order chi connectivity index (χ0) is 18.0. The van der Waals surface area contributed by atoms with Crippen molar-refractivity contribution < 1.29 is 46.5 Å². The van der Waals surface area contributed by atoms with E-state index in [0.717, 1.165) is 0 Å². The Morgan fingerprint density at radius 1 is 0.739 bits per heavy atom. The molecule has 134 valence electrons. The minimum Gasteiger partial charge on any atom is -0.549 e. The molecule has 0 rings (SSSR count). The van der Waals surface area contributed by atoms with E-state index in [1.807, 2.05) is 13.8 Å². The van der Waals surface area contributed by atoms with Gasteiger partial charge in [0, 0.05) is 0 Å². The number of carbonyl (C=O) groups is 4. The third-order valence-corrected chi connectivity index (χ3v) is 3.81. The van der Waals surface area contributed by atoms with Gasteiger partial charge in [0.2, 0.25) is 0 Å². The van der Waals surface area contributed by atoms with Gasteiger partial charge in [-0.15, -0.1) is 0 Å². The van der Waals surface area contributed by atoms with Crippen molar-refractivity contribution in [3.63, 3.8) is 0 Å². The third kappa shape index (κ3) is 10.2. The van der Waals surface area contributed by atoms with Gasteiger partial charge in [-0.3, -0.25) is 9.59 Å². The first-order valence-electron chi connectivity index (χ1n) is 7.43. The second-order valence-corrected chi connectivity index (χ2v) is 5.59. The van der Waals surface area contributed by atoms with Crippen LogP contribution in [0.5, 0.6) is 0 Å². The smallest absolute Gasteiger partial charge is 0.549 e. The van der Waals surface area contributed by atoms with E-state index in [-0.39, 0.29) is 40.5 Å². The van der Waals surface area contributed by atoms with Gasteiger partial charge >= 0.3 is 17.1 Å². The molecule has 0 bridgehead atoms. The normalized spacial score (nSPS) is 14.9. The molecule has 0 N–H and O–H groups in total. The topological polar surface area (TPSA) is 114 Å². The van der Waals surface area contributed by atoms with Crippen molar-refractivity contribution in [3.8, 4) is 0 Å². The molecule has 4 atom stereocenters. The summed E-state index contributed by atoms with van der Waals surface area (Å²) in [6, 6.07) is 0. The molecule has 0 aromatic rings. The third-order valence-electron chi connectivity index (χ3n) is 3.81. The number of aliphatic carboxylic acids is 2. The minimum atomic E-state index is -1.26. The van der Waals surface area contributed by atoms with Crippen LogP contribution in [-0.4, -0.2) is 23.5 Å². The summed E-state index contributed by atoms with van der Waals surface area (Å²) in [5, 5.41) is 20.8. The molecule has 0 saturated heterocycles. The maximum Gasteiger partial charge on any atom is 2.00 e. The van der Waals surface area contributed by atoms with Crippen molar-refractivity contribution >= 4 is 23.5 Å². The molecule has 4 unspecified atom stereocenters. The second-order valence-electron chi connectivity index (χ2n) is 5.59. The van der Waals surface area contributed by atoms with Gasteiger partial charge in [0.25, 0.3) is 0 Å². The number of ketones is 2. The zero-order valence-corrected chi connectivity index (χ0v) is 15.6. The summed E-state index contributed by atoms with van der Waals surface area (Å²) < 4.78 is 0. The predicted molar refractivity (Wildman–Crippen MR) is 77.3 cm³/mol. The number of hydrogen-bond donors (Lipinski definition) is 0. The number of carboxylic acids is 2. The molecule has 0 saturated carbocycles. The van der Waals surface area contributed by atoms with Crippen LogP contribution in [0.1, 0.15) is 54.4 Å². The molecule has 0 heterocycles. The first kappa shape index (κ1) is 26.7. The quantitative estimate of drug-likeness (QED) is 0.438. The second kappa shape index (κ2) is 13.3. The Hall–Kier alpha value is -1.20. The van der Waals surface area contributed by atoms with Crippen LogP contribution < -0.4 is 10.2 Å². The summed E-state index contributed by atoms with van der Waals surface area (Å²) in [5.74, 6) is -5.27. The monoisotopic (exact) mass is 370 g/mol. The molecule has 0 amide bonds. The van der Waals surface area contributed by atoms with Crippen molar-refractivity contribution in [2.45, 2.75) is 54.4 Å². The van der Waals surface area contributed by atoms with Crippen LogP contribution >= 0.6 is 0 Å². The van der Waals surface area contributed by atoms with E-state index in [9.17, 15) is 29.4 Å². The molecule has 0 aromatic carbocycles. The fourth-order valence-electron chi connectivity index (χ4n) is 2.07. The van der Waals surface area contributed by atoms with E-state index >= 15 is 0 Å². The van der Waals surface area contributed by atoms with Crippen LogP contribution in [0.15, 0.2) is 0 Å². The van der Waals surface area contributed by atoms with Gasteiger partial charge in [0.1, 0.15) is 11.6 Å². The Kier molecular flexibility index (Phi) is 15.4. The number of carbonyl (C=O) groups excluding carboxylic acids is 4. The predicted octanol–water partition coefficient (Wildman–Crippen LogP) is -0.0273. The van der Waals surface area contributed by atoms with Crippen molar-refractivity contribution in [2.75, 3.05) is 0 Å². The van der Waals surface area contributed by atoms with E-state index < -0.39 is 23.8 Å². The number of Topliss-reactive ketones (excluding diaryl/α,β-unsaturated/α-hetero) is 2. The number of carboxylic acid groups (broad SMARTS) is 2. The maximum absolute atomic E-state index is 10.8. The van der Waals surface area contributed by atoms with E-state index in [1.54, 1.807) is 13.8 Å². The van der Waals surface area contributed by atoms with E-state index in [0.29, 0.717) is 12.8 Å². The molecule has 0 aliphatic carbocycles. The van der Waals surface area contributed by atoms with Crippen molar-refractivity contribution in [3.05, 3.63) is 0 Å². The molecule has 0 aliphatic heterocycles. The van der Waals surface area contributed by atoms with Crippen LogP contribution in [0.4, 0.5) is 0 Å². The van der Waals surface area contributed by atoms with Gasteiger partial charge < -0.3 is 19.8 Å². The molecular formula is C16H26FeO6. The van der Waals surface area contributed by atoms with Crippen molar-refractivity contribution in [2.24, 2.45) is 23.7 Å². The van der Waals surface area contributed by atoms with Crippen molar-refractivity contribution in [1.82, 2.24) is 0 Å². The first-order valence-corrected chi connectivity index (χ1v) is 7.43. The summed E-state index contributed by atoms with van der Waals surface area (Å²) in [5.41, 5.74) is 0. The zero-order valence-electron chi connectivity index (χ0n) is 14.5. The van der Waals surface area contributed by atoms with Crippen LogP contribution in [-0.2, 0) is 36.2 Å². The van der Waals surface area contributed by atoms with Crippen LogP contribution in [0.3, 0.4) is 0 Å². The molecule has 6 nitrogen and oxygen atoms in total. The summed E-state index contributed by atoms with van der Waals surface area (Å²) in [6.07, 6.45) is 1.36. The summed E-state index contributed by atoms with van der Waals surface area (Å²) >= 11 is 0. The summed E-state index contributed by atoms with van der Waals surface area (Å²) in [7, 11) is 0. The first-order chi connectivity index (χ1) is 10.0. The fourth-order valence-corrected chi connectivity index (χ4v) is 2.07. The molecule has 0 fully saturated rings. The average molecular weight is 370 g/mol. The van der Waals surface area contributed by atoms with Gasteiger partial charge in [0.05, 0.1) is 23.8 Å². The minimum absolute atomic E-state index is 0. The van der Waals surface area contributed by atoms with E-state index in [4.69, 9.17) is 0 Å². The summed E-state index contributed by atoms with van der Waals surface area (Å²) in [6.45, 7) is 9.75. The van der Waals surface area contributed by atoms with E-state index in [2.05, 4.69) is 0 Å². The van der Waals surface area contributed by atoms with Gasteiger partial charge in [-0.05, 0) is 25.7 Å². The molecule has 7 heteroatoms. The molecule has 0 aliphatic rings. The Labute approximate surface area is 148 Å². The number of rotatable bonds is 8. The van der Waals surface area contributed by atoms with Gasteiger partial charge in [-0.2, -0.15) is 0 Å². The molecule has 0 radical (unpaired) electrons. The number of hydrogen-bond acceptors (Lipinski definition) is 6. The molecular weight excluding hydrogens is 344 g/mol. The standard InChI is InChI=1S/2C8H14O3.Fe/c2*1-4-5(2)7(6(3)9)8(10)11;/h2*5,7H,4H2,1-3H3,(H,10,11);/q;;+2/p-2. The average Bonchev–Trinajstić information content (AvgIpc) is 2.37. The van der Waals surface area contributed by atoms with Gasteiger partial charge in [0.15, 0.2) is 0 Å². The van der Waals surface area contributed by atoms with Crippen LogP contribution in [0, 0.1) is 23.7 Å². The van der Waals surface area contributed by atoms with Crippen molar-refractivity contribution in [1.29, 1.82) is 0 Å².